The lowest BCUT2D eigenvalue weighted by atomic mass is 9.90. The summed E-state index contributed by atoms with van der Waals surface area (Å²) >= 11 is 6.01. The predicted octanol–water partition coefficient (Wildman–Crippen LogP) is 3.39. The highest BCUT2D eigenvalue weighted by atomic mass is 35.5. The van der Waals surface area contributed by atoms with Crippen LogP contribution >= 0.6 is 11.6 Å². The number of carbonyl (C=O) groups is 2. The Balaban J connectivity index is 1.38. The van der Waals surface area contributed by atoms with E-state index in [0.717, 1.165) is 11.1 Å². The van der Waals surface area contributed by atoms with Crippen molar-refractivity contribution in [3.8, 4) is 11.1 Å². The van der Waals surface area contributed by atoms with Gasteiger partial charge in [0.25, 0.3) is 0 Å². The second kappa shape index (κ2) is 9.35. The molecule has 2 heterocycles. The Morgan fingerprint density at radius 2 is 1.76 bits per heavy atom. The van der Waals surface area contributed by atoms with E-state index in [1.165, 1.54) is 12.3 Å². The number of halogens is 1. The fourth-order valence-corrected chi connectivity index (χ4v) is 5.65. The Hall–Kier alpha value is -2.58. The number of hydrogen-bond donors (Lipinski definition) is 1. The second-order valence-corrected chi connectivity index (χ2v) is 11.2. The number of nitrogens with zero attached hydrogens (tertiary/aromatic N) is 2. The molecule has 2 aromatic rings. The van der Waals surface area contributed by atoms with Crippen molar-refractivity contribution in [2.24, 2.45) is 5.92 Å². The number of amides is 3. The molecule has 0 radical (unpaired) electrons. The lowest BCUT2D eigenvalue weighted by Gasteiger charge is -2.41. The Labute approximate surface area is 199 Å². The molecule has 9 heteroatoms. The zero-order chi connectivity index (χ0) is 23.8. The number of nitrogens with one attached hydrogen (secondary N) is 1. The molecule has 1 unspecified atom stereocenters. The molecule has 2 fully saturated rings. The van der Waals surface area contributed by atoms with Gasteiger partial charge in [-0.2, -0.15) is 0 Å². The highest BCUT2D eigenvalue weighted by Crippen LogP contribution is 2.33. The van der Waals surface area contributed by atoms with Crippen LogP contribution in [-0.4, -0.2) is 69.1 Å². The molecule has 2 aliphatic rings. The third kappa shape index (κ3) is 5.01. The van der Waals surface area contributed by atoms with Crippen molar-refractivity contribution in [3.63, 3.8) is 0 Å². The van der Waals surface area contributed by atoms with Crippen molar-refractivity contribution in [2.75, 3.05) is 39.0 Å². The Kier molecular flexibility index (Phi) is 6.68. The lowest BCUT2D eigenvalue weighted by molar-refractivity contribution is -0.124. The molecule has 2 aliphatic heterocycles. The standard InChI is InChI=1S/C24H28ClN3O4S/c1-3-26-23(29)18-10-11-27(13-18)24(30)28-14-19(15-28)16-4-6-17(7-5-16)21-9-8-20(25)12-22(21)33(2,31)32/h4-9,12,18-19H,3,10-11,13-15H2,1-2H3,(H,26,29). The topological polar surface area (TPSA) is 86.8 Å². The number of likely N-dealkylation sites (tertiary alicyclic amines) is 2. The van der Waals surface area contributed by atoms with Crippen LogP contribution in [0.4, 0.5) is 4.79 Å². The molecule has 2 aromatic carbocycles. The molecule has 0 bridgehead atoms. The van der Waals surface area contributed by atoms with Crippen molar-refractivity contribution in [1.82, 2.24) is 15.1 Å². The van der Waals surface area contributed by atoms with Gasteiger partial charge in [0, 0.05) is 55.5 Å². The van der Waals surface area contributed by atoms with Gasteiger partial charge < -0.3 is 15.1 Å². The highest BCUT2D eigenvalue weighted by molar-refractivity contribution is 7.90. The lowest BCUT2D eigenvalue weighted by Crippen LogP contribution is -2.53. The van der Waals surface area contributed by atoms with Crippen molar-refractivity contribution in [3.05, 3.63) is 53.1 Å². The summed E-state index contributed by atoms with van der Waals surface area (Å²) in [7, 11) is -3.42. The van der Waals surface area contributed by atoms with Gasteiger partial charge in [0.15, 0.2) is 9.84 Å². The molecule has 2 saturated heterocycles. The van der Waals surface area contributed by atoms with E-state index in [0.29, 0.717) is 49.7 Å². The number of rotatable bonds is 5. The third-order valence-corrected chi connectivity index (χ3v) is 7.74. The third-order valence-electron chi connectivity index (χ3n) is 6.37. The minimum atomic E-state index is -3.42. The van der Waals surface area contributed by atoms with Gasteiger partial charge in [0.05, 0.1) is 10.8 Å². The van der Waals surface area contributed by atoms with Crippen molar-refractivity contribution >= 4 is 33.4 Å². The smallest absolute Gasteiger partial charge is 0.320 e. The minimum Gasteiger partial charge on any atom is -0.356 e. The molecule has 4 rings (SSSR count). The van der Waals surface area contributed by atoms with Crippen molar-refractivity contribution in [1.29, 1.82) is 0 Å². The van der Waals surface area contributed by atoms with E-state index in [2.05, 4.69) is 5.32 Å². The molecular formula is C24H28ClN3O4S. The van der Waals surface area contributed by atoms with E-state index in [4.69, 9.17) is 11.6 Å². The van der Waals surface area contributed by atoms with Gasteiger partial charge in [-0.15, -0.1) is 0 Å². The maximum atomic E-state index is 12.8. The maximum Gasteiger partial charge on any atom is 0.320 e. The normalized spacial score (nSPS) is 18.8. The van der Waals surface area contributed by atoms with Crippen LogP contribution < -0.4 is 5.32 Å². The molecule has 0 spiro atoms. The maximum absolute atomic E-state index is 12.8. The van der Waals surface area contributed by atoms with E-state index < -0.39 is 9.84 Å². The largest absolute Gasteiger partial charge is 0.356 e. The first-order chi connectivity index (χ1) is 15.7. The summed E-state index contributed by atoms with van der Waals surface area (Å²) in [6.45, 7) is 4.85. The summed E-state index contributed by atoms with van der Waals surface area (Å²) in [4.78, 5) is 28.6. The SMILES string of the molecule is CCNC(=O)C1CCN(C(=O)N2CC(c3ccc(-c4ccc(Cl)cc4S(C)(=O)=O)cc3)C2)C1. The monoisotopic (exact) mass is 489 g/mol. The first-order valence-corrected chi connectivity index (χ1v) is 13.4. The fraction of sp³-hybridized carbons (Fsp3) is 0.417. The molecule has 1 N–H and O–H groups in total. The zero-order valence-electron chi connectivity index (χ0n) is 18.8. The van der Waals surface area contributed by atoms with Crippen LogP contribution in [0.3, 0.4) is 0 Å². The minimum absolute atomic E-state index is 0.00590. The van der Waals surface area contributed by atoms with Crippen LogP contribution in [0, 0.1) is 5.92 Å². The number of hydrogen-bond acceptors (Lipinski definition) is 4. The van der Waals surface area contributed by atoms with E-state index in [1.807, 2.05) is 36.1 Å². The fourth-order valence-electron chi connectivity index (χ4n) is 4.49. The first kappa shape index (κ1) is 23.6. The van der Waals surface area contributed by atoms with Crippen molar-refractivity contribution in [2.45, 2.75) is 24.2 Å². The molecule has 0 aromatic heterocycles. The average molecular weight is 490 g/mol. The molecule has 33 heavy (non-hydrogen) atoms. The van der Waals surface area contributed by atoms with Crippen LogP contribution in [0.2, 0.25) is 5.02 Å². The van der Waals surface area contributed by atoms with E-state index in [1.54, 1.807) is 17.0 Å². The van der Waals surface area contributed by atoms with Gasteiger partial charge in [0.2, 0.25) is 5.91 Å². The molecule has 7 nitrogen and oxygen atoms in total. The van der Waals surface area contributed by atoms with Gasteiger partial charge >= 0.3 is 6.03 Å². The van der Waals surface area contributed by atoms with Crippen LogP contribution in [0.1, 0.15) is 24.8 Å². The summed E-state index contributed by atoms with van der Waals surface area (Å²) in [6, 6.07) is 12.7. The highest BCUT2D eigenvalue weighted by Gasteiger charge is 2.38. The summed E-state index contributed by atoms with van der Waals surface area (Å²) in [5.74, 6) is 0.140. The number of sulfone groups is 1. The Morgan fingerprint density at radius 1 is 1.06 bits per heavy atom. The van der Waals surface area contributed by atoms with Gasteiger partial charge in [-0.05, 0) is 36.6 Å². The molecule has 0 saturated carbocycles. The van der Waals surface area contributed by atoms with E-state index in [-0.39, 0.29) is 28.7 Å². The van der Waals surface area contributed by atoms with Gasteiger partial charge in [0.1, 0.15) is 0 Å². The first-order valence-electron chi connectivity index (χ1n) is 11.1. The van der Waals surface area contributed by atoms with Gasteiger partial charge in [-0.1, -0.05) is 41.9 Å². The summed E-state index contributed by atoms with van der Waals surface area (Å²) in [5.41, 5.74) is 2.53. The van der Waals surface area contributed by atoms with E-state index >= 15 is 0 Å². The molecule has 176 valence electrons. The van der Waals surface area contributed by atoms with E-state index in [9.17, 15) is 18.0 Å². The zero-order valence-corrected chi connectivity index (χ0v) is 20.3. The average Bonchev–Trinajstić information content (AvgIpc) is 3.23. The second-order valence-electron chi connectivity index (χ2n) is 8.75. The van der Waals surface area contributed by atoms with Gasteiger partial charge in [-0.3, -0.25) is 4.79 Å². The number of urea groups is 1. The molecule has 1 atom stereocenters. The van der Waals surface area contributed by atoms with Gasteiger partial charge in [-0.25, -0.2) is 13.2 Å². The van der Waals surface area contributed by atoms with Crippen LogP contribution in [0.25, 0.3) is 11.1 Å². The summed E-state index contributed by atoms with van der Waals surface area (Å²) in [5, 5.41) is 3.21. The number of carbonyl (C=O) groups excluding carboxylic acids is 2. The van der Waals surface area contributed by atoms with Crippen LogP contribution in [0.15, 0.2) is 47.4 Å². The van der Waals surface area contributed by atoms with Crippen LogP contribution in [0.5, 0.6) is 0 Å². The quantitative estimate of drug-likeness (QED) is 0.697. The predicted molar refractivity (Wildman–Crippen MR) is 128 cm³/mol. The summed E-state index contributed by atoms with van der Waals surface area (Å²) in [6.07, 6.45) is 1.88. The van der Waals surface area contributed by atoms with Crippen LogP contribution in [-0.2, 0) is 14.6 Å². The number of benzene rings is 2. The Bertz CT molecular complexity index is 1160. The van der Waals surface area contributed by atoms with Crippen molar-refractivity contribution < 1.29 is 18.0 Å². The molecule has 0 aliphatic carbocycles. The molecule has 3 amide bonds. The molecular weight excluding hydrogens is 462 g/mol. The Morgan fingerprint density at radius 3 is 2.39 bits per heavy atom. The summed E-state index contributed by atoms with van der Waals surface area (Å²) < 4.78 is 24.4.